The molecule has 0 fully saturated rings. The van der Waals surface area contributed by atoms with Crippen molar-refractivity contribution >= 4 is 24.2 Å². The lowest BCUT2D eigenvalue weighted by atomic mass is 10.1. The van der Waals surface area contributed by atoms with Crippen molar-refractivity contribution in [2.45, 2.75) is 6.18 Å². The summed E-state index contributed by atoms with van der Waals surface area (Å²) in [5, 5.41) is -0.000826. The Bertz CT molecular complexity index is 415. The molecule has 0 aliphatic carbocycles. The van der Waals surface area contributed by atoms with Crippen molar-refractivity contribution in [1.82, 2.24) is 0 Å². The van der Waals surface area contributed by atoms with Crippen LogP contribution in [0.2, 0.25) is 5.02 Å². The van der Waals surface area contributed by atoms with Crippen LogP contribution in [-0.4, -0.2) is 5.75 Å². The first-order chi connectivity index (χ1) is 6.95. The Balaban J connectivity index is 3.09. The maximum Gasteiger partial charge on any atom is 0.416 e. The molecule has 0 aliphatic heterocycles. The molecule has 0 aliphatic rings. The average Bonchev–Trinajstić information content (AvgIpc) is 2.14. The molecule has 80 valence electrons. The molecule has 15 heavy (non-hydrogen) atoms. The lowest BCUT2D eigenvalue weighted by molar-refractivity contribution is -0.137. The Morgan fingerprint density at radius 1 is 1.33 bits per heavy atom. The fourth-order valence-electron chi connectivity index (χ4n) is 0.928. The minimum atomic E-state index is -4.38. The van der Waals surface area contributed by atoms with Crippen molar-refractivity contribution in [2.75, 3.05) is 5.75 Å². The molecule has 1 rings (SSSR count). The van der Waals surface area contributed by atoms with Crippen LogP contribution in [-0.2, 0) is 6.18 Å². The summed E-state index contributed by atoms with van der Waals surface area (Å²) in [5.41, 5.74) is -0.400. The van der Waals surface area contributed by atoms with E-state index >= 15 is 0 Å². The zero-order chi connectivity index (χ0) is 11.5. The molecule has 0 atom stereocenters. The fourth-order valence-corrected chi connectivity index (χ4v) is 1.23. The smallest absolute Gasteiger partial charge is 0.166 e. The van der Waals surface area contributed by atoms with Crippen LogP contribution >= 0.6 is 24.2 Å². The number of thiol groups is 1. The van der Waals surface area contributed by atoms with Gasteiger partial charge in [-0.3, -0.25) is 0 Å². The summed E-state index contributed by atoms with van der Waals surface area (Å²) in [6.45, 7) is 0. The van der Waals surface area contributed by atoms with E-state index in [1.807, 2.05) is 0 Å². The zero-order valence-corrected chi connectivity index (χ0v) is 9.05. The summed E-state index contributed by atoms with van der Waals surface area (Å²) >= 11 is 9.50. The van der Waals surface area contributed by atoms with E-state index in [0.717, 1.165) is 12.1 Å². The Morgan fingerprint density at radius 2 is 2.00 bits per heavy atom. The van der Waals surface area contributed by atoms with Gasteiger partial charge in [0.15, 0.2) is 0 Å². The number of benzene rings is 1. The van der Waals surface area contributed by atoms with E-state index in [0.29, 0.717) is 11.3 Å². The quantitative estimate of drug-likeness (QED) is 0.527. The molecular formula is C10H6ClF3S. The second-order valence-corrected chi connectivity index (χ2v) is 3.38. The lowest BCUT2D eigenvalue weighted by Crippen LogP contribution is -2.04. The molecule has 0 amide bonds. The predicted octanol–water partition coefficient (Wildman–Crippen LogP) is 3.64. The van der Waals surface area contributed by atoms with Crippen LogP contribution in [0.15, 0.2) is 18.2 Å². The number of alkyl halides is 3. The summed E-state index contributed by atoms with van der Waals surface area (Å²) in [7, 11) is 0. The van der Waals surface area contributed by atoms with Crippen LogP contribution in [0, 0.1) is 11.8 Å². The lowest BCUT2D eigenvalue weighted by Gasteiger charge is -2.07. The number of halogens is 4. The molecule has 5 heteroatoms. The molecule has 0 N–H and O–H groups in total. The van der Waals surface area contributed by atoms with Gasteiger partial charge in [-0.2, -0.15) is 25.8 Å². The normalized spacial score (nSPS) is 10.7. The number of hydrogen-bond donors (Lipinski definition) is 1. The van der Waals surface area contributed by atoms with Gasteiger partial charge in [-0.1, -0.05) is 23.4 Å². The van der Waals surface area contributed by atoms with Crippen LogP contribution in [0.25, 0.3) is 0 Å². The topological polar surface area (TPSA) is 0 Å². The molecule has 0 saturated carbocycles. The first-order valence-electron chi connectivity index (χ1n) is 3.91. The van der Waals surface area contributed by atoms with E-state index in [1.54, 1.807) is 0 Å². The monoisotopic (exact) mass is 250 g/mol. The van der Waals surface area contributed by atoms with Crippen LogP contribution in [0.5, 0.6) is 0 Å². The molecular weight excluding hydrogens is 245 g/mol. The van der Waals surface area contributed by atoms with Crippen molar-refractivity contribution in [3.05, 3.63) is 34.3 Å². The SMILES string of the molecule is FC(F)(F)c1ccc(C#CCS)c(Cl)c1. The van der Waals surface area contributed by atoms with Gasteiger partial charge < -0.3 is 0 Å². The first-order valence-corrected chi connectivity index (χ1v) is 4.92. The standard InChI is InChI=1S/C10H6ClF3S/c11-9-6-8(10(12,13)14)4-3-7(9)2-1-5-15/h3-4,6,15H,5H2. The van der Waals surface area contributed by atoms with Gasteiger partial charge in [-0.15, -0.1) is 0 Å². The van der Waals surface area contributed by atoms with E-state index in [4.69, 9.17) is 11.6 Å². The highest BCUT2D eigenvalue weighted by Gasteiger charge is 2.30. The van der Waals surface area contributed by atoms with Gasteiger partial charge in [0.25, 0.3) is 0 Å². The molecule has 1 aromatic carbocycles. The molecule has 0 radical (unpaired) electrons. The second-order valence-electron chi connectivity index (χ2n) is 2.65. The van der Waals surface area contributed by atoms with E-state index in [-0.39, 0.29) is 5.02 Å². The average molecular weight is 251 g/mol. The van der Waals surface area contributed by atoms with Gasteiger partial charge >= 0.3 is 6.18 Å². The molecule has 0 saturated heterocycles. The second kappa shape index (κ2) is 4.82. The highest BCUT2D eigenvalue weighted by atomic mass is 35.5. The van der Waals surface area contributed by atoms with Gasteiger partial charge in [-0.25, -0.2) is 0 Å². The predicted molar refractivity (Wildman–Crippen MR) is 57.2 cm³/mol. The summed E-state index contributed by atoms with van der Waals surface area (Å²) < 4.78 is 36.7. The molecule has 0 unspecified atom stereocenters. The fraction of sp³-hybridized carbons (Fsp3) is 0.200. The van der Waals surface area contributed by atoms with Crippen LogP contribution in [0.4, 0.5) is 13.2 Å². The molecule has 1 aromatic rings. The van der Waals surface area contributed by atoms with Crippen molar-refractivity contribution in [3.8, 4) is 11.8 Å². The van der Waals surface area contributed by atoms with Crippen molar-refractivity contribution < 1.29 is 13.2 Å². The third kappa shape index (κ3) is 3.37. The van der Waals surface area contributed by atoms with E-state index < -0.39 is 11.7 Å². The van der Waals surface area contributed by atoms with Gasteiger partial charge in [0.05, 0.1) is 16.3 Å². The van der Waals surface area contributed by atoms with E-state index in [1.165, 1.54) is 6.07 Å². The Hall–Kier alpha value is -0.790. The Kier molecular flexibility index (Phi) is 3.95. The van der Waals surface area contributed by atoms with Crippen molar-refractivity contribution in [3.63, 3.8) is 0 Å². The van der Waals surface area contributed by atoms with Crippen molar-refractivity contribution in [1.29, 1.82) is 0 Å². The van der Waals surface area contributed by atoms with Crippen LogP contribution in [0.3, 0.4) is 0 Å². The molecule has 0 nitrogen and oxygen atoms in total. The van der Waals surface area contributed by atoms with E-state index in [9.17, 15) is 13.2 Å². The minimum absolute atomic E-state index is 0.000826. The molecule has 0 spiro atoms. The summed E-state index contributed by atoms with van der Waals surface area (Å²) in [5.74, 6) is 5.56. The Morgan fingerprint density at radius 3 is 2.47 bits per heavy atom. The highest BCUT2D eigenvalue weighted by Crippen LogP contribution is 2.31. The maximum atomic E-state index is 12.2. The van der Waals surface area contributed by atoms with Gasteiger partial charge in [0.2, 0.25) is 0 Å². The van der Waals surface area contributed by atoms with Crippen LogP contribution < -0.4 is 0 Å². The third-order valence-electron chi connectivity index (χ3n) is 1.60. The molecule has 0 bridgehead atoms. The van der Waals surface area contributed by atoms with Crippen LogP contribution in [0.1, 0.15) is 11.1 Å². The van der Waals surface area contributed by atoms with Crippen molar-refractivity contribution in [2.24, 2.45) is 0 Å². The number of hydrogen-bond acceptors (Lipinski definition) is 1. The third-order valence-corrected chi connectivity index (χ3v) is 2.07. The zero-order valence-electron chi connectivity index (χ0n) is 7.40. The largest absolute Gasteiger partial charge is 0.416 e. The van der Waals surface area contributed by atoms with Gasteiger partial charge in [0, 0.05) is 5.56 Å². The first kappa shape index (κ1) is 12.3. The van der Waals surface area contributed by atoms with Gasteiger partial charge in [0.1, 0.15) is 0 Å². The summed E-state index contributed by atoms with van der Waals surface area (Å²) in [6, 6.07) is 3.07. The summed E-state index contributed by atoms with van der Waals surface area (Å²) in [6.07, 6.45) is -4.38. The number of rotatable bonds is 0. The Labute approximate surface area is 95.8 Å². The van der Waals surface area contributed by atoms with E-state index in [2.05, 4.69) is 24.5 Å². The minimum Gasteiger partial charge on any atom is -0.166 e. The molecule has 0 aromatic heterocycles. The molecule has 0 heterocycles. The van der Waals surface area contributed by atoms with Gasteiger partial charge in [-0.05, 0) is 18.2 Å². The summed E-state index contributed by atoms with van der Waals surface area (Å²) in [4.78, 5) is 0. The maximum absolute atomic E-state index is 12.2. The highest BCUT2D eigenvalue weighted by molar-refractivity contribution is 7.80.